The quantitative estimate of drug-likeness (QED) is 0.883. The van der Waals surface area contributed by atoms with Crippen LogP contribution in [0.2, 0.25) is 0 Å². The van der Waals surface area contributed by atoms with Crippen LogP contribution in [-0.2, 0) is 0 Å². The molecule has 0 aliphatic heterocycles. The van der Waals surface area contributed by atoms with Gasteiger partial charge in [-0.25, -0.2) is 4.39 Å². The van der Waals surface area contributed by atoms with E-state index in [1.807, 2.05) is 0 Å². The first-order valence-corrected chi connectivity index (χ1v) is 7.64. The Hall–Kier alpha value is -1.56. The summed E-state index contributed by atoms with van der Waals surface area (Å²) in [6.45, 7) is 0. The van der Waals surface area contributed by atoms with Crippen molar-refractivity contribution >= 4 is 5.69 Å². The molecule has 4 aliphatic carbocycles. The number of halogens is 1. The zero-order chi connectivity index (χ0) is 13.7. The van der Waals surface area contributed by atoms with Crippen LogP contribution in [0.5, 0.6) is 0 Å². The molecule has 4 fully saturated rings. The molecule has 0 spiro atoms. The van der Waals surface area contributed by atoms with Crippen LogP contribution in [0.4, 0.5) is 10.1 Å². The lowest BCUT2D eigenvalue weighted by atomic mass is 9.49. The van der Waals surface area contributed by atoms with Gasteiger partial charge in [-0.2, -0.15) is 5.26 Å². The molecule has 104 valence electrons. The fourth-order valence-electron chi connectivity index (χ4n) is 5.11. The lowest BCUT2D eigenvalue weighted by Crippen LogP contribution is -2.61. The Morgan fingerprint density at radius 2 is 1.55 bits per heavy atom. The Labute approximate surface area is 119 Å². The number of anilines is 1. The van der Waals surface area contributed by atoms with E-state index in [0.717, 1.165) is 17.5 Å². The molecule has 2 nitrogen and oxygen atoms in total. The van der Waals surface area contributed by atoms with E-state index in [1.54, 1.807) is 12.1 Å². The molecule has 4 bridgehead atoms. The van der Waals surface area contributed by atoms with Gasteiger partial charge in [0.15, 0.2) is 0 Å². The van der Waals surface area contributed by atoms with Crippen LogP contribution in [0, 0.1) is 40.8 Å². The van der Waals surface area contributed by atoms with E-state index in [0.29, 0.717) is 11.8 Å². The molecule has 1 aromatic rings. The van der Waals surface area contributed by atoms with E-state index in [2.05, 4.69) is 11.4 Å². The standard InChI is InChI=1S/C17H19FN2/c18-15-1-3-16(4-2-15)20-17(10-19)13-6-11-5-12(8-13)9-14(17)7-11/h1-4,11-14,20H,5-9H2. The highest BCUT2D eigenvalue weighted by atomic mass is 19.1. The minimum atomic E-state index is -0.425. The van der Waals surface area contributed by atoms with Gasteiger partial charge in [-0.3, -0.25) is 0 Å². The Morgan fingerprint density at radius 1 is 1.00 bits per heavy atom. The highest BCUT2D eigenvalue weighted by Gasteiger charge is 2.57. The predicted molar refractivity (Wildman–Crippen MR) is 75.4 cm³/mol. The number of nitrogens with zero attached hydrogens (tertiary/aromatic N) is 1. The molecule has 0 heterocycles. The van der Waals surface area contributed by atoms with Gasteiger partial charge in [-0.1, -0.05) is 0 Å². The van der Waals surface area contributed by atoms with Gasteiger partial charge in [0, 0.05) is 5.69 Å². The van der Waals surface area contributed by atoms with E-state index in [9.17, 15) is 9.65 Å². The first kappa shape index (κ1) is 12.2. The molecule has 1 N–H and O–H groups in total. The summed E-state index contributed by atoms with van der Waals surface area (Å²) in [4.78, 5) is 0. The van der Waals surface area contributed by atoms with Gasteiger partial charge in [0.05, 0.1) is 6.07 Å². The minimum absolute atomic E-state index is 0.230. The average molecular weight is 270 g/mol. The van der Waals surface area contributed by atoms with Crippen molar-refractivity contribution < 1.29 is 4.39 Å². The van der Waals surface area contributed by atoms with Crippen LogP contribution in [0.15, 0.2) is 24.3 Å². The molecule has 0 radical (unpaired) electrons. The van der Waals surface area contributed by atoms with Crippen molar-refractivity contribution in [2.75, 3.05) is 5.32 Å². The highest BCUT2D eigenvalue weighted by Crippen LogP contribution is 2.58. The second-order valence-electron chi connectivity index (χ2n) is 6.92. The molecular weight excluding hydrogens is 251 g/mol. The van der Waals surface area contributed by atoms with E-state index in [4.69, 9.17) is 0 Å². The summed E-state index contributed by atoms with van der Waals surface area (Å²) in [6, 6.07) is 9.04. The molecule has 5 rings (SSSR count). The molecule has 3 heteroatoms. The van der Waals surface area contributed by atoms with Gasteiger partial charge in [0.1, 0.15) is 11.4 Å². The summed E-state index contributed by atoms with van der Waals surface area (Å²) in [5.74, 6) is 2.39. The van der Waals surface area contributed by atoms with Crippen molar-refractivity contribution in [3.63, 3.8) is 0 Å². The Morgan fingerprint density at radius 3 is 2.05 bits per heavy atom. The summed E-state index contributed by atoms with van der Waals surface area (Å²) in [5, 5.41) is 13.4. The minimum Gasteiger partial charge on any atom is -0.367 e. The van der Waals surface area contributed by atoms with Crippen LogP contribution in [0.25, 0.3) is 0 Å². The molecule has 0 saturated heterocycles. The molecule has 1 aromatic carbocycles. The van der Waals surface area contributed by atoms with Crippen molar-refractivity contribution in [1.82, 2.24) is 0 Å². The monoisotopic (exact) mass is 270 g/mol. The summed E-state index contributed by atoms with van der Waals surface area (Å²) >= 11 is 0. The van der Waals surface area contributed by atoms with Gasteiger partial charge < -0.3 is 5.32 Å². The Bertz CT molecular complexity index is 529. The number of hydrogen-bond donors (Lipinski definition) is 1. The third kappa shape index (κ3) is 1.67. The third-order valence-electron chi connectivity index (χ3n) is 5.81. The van der Waals surface area contributed by atoms with Crippen LogP contribution in [0.1, 0.15) is 32.1 Å². The maximum Gasteiger partial charge on any atom is 0.131 e. The van der Waals surface area contributed by atoms with E-state index in [-0.39, 0.29) is 5.82 Å². The SMILES string of the molecule is N#CC1(Nc2ccc(F)cc2)C2CC3CC(C2)CC1C3. The topological polar surface area (TPSA) is 35.8 Å². The lowest BCUT2D eigenvalue weighted by Gasteiger charge is -2.58. The lowest BCUT2D eigenvalue weighted by molar-refractivity contribution is -0.0206. The van der Waals surface area contributed by atoms with Gasteiger partial charge in [-0.05, 0) is 80.0 Å². The number of nitrogens with one attached hydrogen (secondary N) is 1. The largest absolute Gasteiger partial charge is 0.367 e. The van der Waals surface area contributed by atoms with Crippen molar-refractivity contribution in [1.29, 1.82) is 5.26 Å². The number of hydrogen-bond acceptors (Lipinski definition) is 2. The van der Waals surface area contributed by atoms with Gasteiger partial charge in [-0.15, -0.1) is 0 Å². The average Bonchev–Trinajstić information content (AvgIpc) is 2.44. The smallest absolute Gasteiger partial charge is 0.131 e. The number of benzene rings is 1. The van der Waals surface area contributed by atoms with Crippen molar-refractivity contribution in [2.45, 2.75) is 37.6 Å². The molecule has 0 atom stereocenters. The Kier molecular flexibility index (Phi) is 2.57. The second kappa shape index (κ2) is 4.22. The van der Waals surface area contributed by atoms with Crippen LogP contribution >= 0.6 is 0 Å². The van der Waals surface area contributed by atoms with Gasteiger partial charge in [0.2, 0.25) is 0 Å². The zero-order valence-electron chi connectivity index (χ0n) is 11.5. The van der Waals surface area contributed by atoms with Crippen LogP contribution in [-0.4, -0.2) is 5.54 Å². The molecule has 20 heavy (non-hydrogen) atoms. The summed E-state index contributed by atoms with van der Waals surface area (Å²) in [7, 11) is 0. The summed E-state index contributed by atoms with van der Waals surface area (Å²) in [5.41, 5.74) is 0.450. The number of nitriles is 1. The maximum absolute atomic E-state index is 13.0. The fourth-order valence-corrected chi connectivity index (χ4v) is 5.11. The van der Waals surface area contributed by atoms with E-state index >= 15 is 0 Å². The molecule has 0 unspecified atom stereocenters. The van der Waals surface area contributed by atoms with Crippen LogP contribution < -0.4 is 5.32 Å². The molecule has 4 saturated carbocycles. The van der Waals surface area contributed by atoms with Crippen LogP contribution in [0.3, 0.4) is 0 Å². The van der Waals surface area contributed by atoms with Crippen molar-refractivity contribution in [3.05, 3.63) is 30.1 Å². The maximum atomic E-state index is 13.0. The molecule has 0 aromatic heterocycles. The summed E-state index contributed by atoms with van der Waals surface area (Å²) in [6.07, 6.45) is 6.14. The normalized spacial score (nSPS) is 41.4. The fraction of sp³-hybridized carbons (Fsp3) is 0.588. The Balaban J connectivity index is 1.66. The molecular formula is C17H19FN2. The van der Waals surface area contributed by atoms with E-state index in [1.165, 1.54) is 44.2 Å². The van der Waals surface area contributed by atoms with Crippen molar-refractivity contribution in [3.8, 4) is 6.07 Å². The highest BCUT2D eigenvalue weighted by molar-refractivity contribution is 5.49. The first-order chi connectivity index (χ1) is 9.69. The predicted octanol–water partition coefficient (Wildman–Crippen LogP) is 3.96. The molecule has 0 amide bonds. The second-order valence-corrected chi connectivity index (χ2v) is 6.92. The van der Waals surface area contributed by atoms with E-state index < -0.39 is 5.54 Å². The first-order valence-electron chi connectivity index (χ1n) is 7.64. The zero-order valence-corrected chi connectivity index (χ0v) is 11.5. The molecule has 4 aliphatic rings. The number of rotatable bonds is 2. The van der Waals surface area contributed by atoms with Gasteiger partial charge >= 0.3 is 0 Å². The third-order valence-corrected chi connectivity index (χ3v) is 5.81. The van der Waals surface area contributed by atoms with Gasteiger partial charge in [0.25, 0.3) is 0 Å². The van der Waals surface area contributed by atoms with Crippen molar-refractivity contribution in [2.24, 2.45) is 23.7 Å². The summed E-state index contributed by atoms with van der Waals surface area (Å²) < 4.78 is 13.0.